The molecular formula is C10H16O2. The van der Waals surface area contributed by atoms with Gasteiger partial charge in [0.2, 0.25) is 0 Å². The monoisotopic (exact) mass is 168 g/mol. The van der Waals surface area contributed by atoms with Crippen LogP contribution in [0.25, 0.3) is 0 Å². The number of hydrogen-bond acceptors (Lipinski definition) is 2. The quantitative estimate of drug-likeness (QED) is 0.603. The van der Waals surface area contributed by atoms with Gasteiger partial charge in [-0.3, -0.25) is 4.79 Å². The molecular weight excluding hydrogens is 152 g/mol. The third-order valence-electron chi connectivity index (χ3n) is 2.23. The van der Waals surface area contributed by atoms with E-state index in [4.69, 9.17) is 4.74 Å². The summed E-state index contributed by atoms with van der Waals surface area (Å²) in [5.74, 6) is 0.376. The van der Waals surface area contributed by atoms with Gasteiger partial charge in [0, 0.05) is 12.8 Å². The number of carbonyl (C=O) groups is 1. The molecule has 0 amide bonds. The summed E-state index contributed by atoms with van der Waals surface area (Å²) in [6, 6.07) is 0. The summed E-state index contributed by atoms with van der Waals surface area (Å²) in [4.78, 5) is 10.9. The summed E-state index contributed by atoms with van der Waals surface area (Å²) in [6.45, 7) is 5.62. The smallest absolute Gasteiger partial charge is 0.133 e. The summed E-state index contributed by atoms with van der Waals surface area (Å²) in [7, 11) is 0. The molecule has 0 saturated heterocycles. The zero-order valence-electron chi connectivity index (χ0n) is 7.58. The van der Waals surface area contributed by atoms with Crippen molar-refractivity contribution >= 4 is 5.78 Å². The van der Waals surface area contributed by atoms with Gasteiger partial charge in [-0.05, 0) is 19.8 Å². The number of hydrogen-bond donors (Lipinski definition) is 0. The zero-order valence-corrected chi connectivity index (χ0v) is 7.58. The minimum Gasteiger partial charge on any atom is -0.371 e. The maximum absolute atomic E-state index is 10.9. The standard InChI is InChI=1S/C10H16O2/c1-3-8(2)12-10-6-4-9(11)5-7-10/h3,8,10H,1,4-7H2,2H3. The van der Waals surface area contributed by atoms with Gasteiger partial charge >= 0.3 is 0 Å². The predicted molar refractivity (Wildman–Crippen MR) is 48.0 cm³/mol. The topological polar surface area (TPSA) is 26.3 Å². The maximum Gasteiger partial charge on any atom is 0.133 e. The molecule has 2 nitrogen and oxygen atoms in total. The first-order valence-corrected chi connectivity index (χ1v) is 4.52. The summed E-state index contributed by atoms with van der Waals surface area (Å²) >= 11 is 0. The lowest BCUT2D eigenvalue weighted by Crippen LogP contribution is -2.24. The van der Waals surface area contributed by atoms with Crippen LogP contribution in [-0.2, 0) is 9.53 Å². The highest BCUT2D eigenvalue weighted by Gasteiger charge is 2.19. The average molecular weight is 168 g/mol. The number of carbonyl (C=O) groups excluding carboxylic acids is 1. The van der Waals surface area contributed by atoms with Crippen LogP contribution in [-0.4, -0.2) is 18.0 Å². The van der Waals surface area contributed by atoms with Crippen molar-refractivity contribution in [1.82, 2.24) is 0 Å². The largest absolute Gasteiger partial charge is 0.371 e. The van der Waals surface area contributed by atoms with Crippen LogP contribution in [0.5, 0.6) is 0 Å². The van der Waals surface area contributed by atoms with Gasteiger partial charge in [0.15, 0.2) is 0 Å². The van der Waals surface area contributed by atoms with Gasteiger partial charge in [-0.15, -0.1) is 6.58 Å². The molecule has 0 radical (unpaired) electrons. The van der Waals surface area contributed by atoms with Crippen molar-refractivity contribution < 1.29 is 9.53 Å². The molecule has 0 spiro atoms. The van der Waals surface area contributed by atoms with E-state index in [0.717, 1.165) is 12.8 Å². The molecule has 1 aliphatic carbocycles. The van der Waals surface area contributed by atoms with Crippen LogP contribution in [0, 0.1) is 0 Å². The van der Waals surface area contributed by atoms with Gasteiger partial charge in [-0.25, -0.2) is 0 Å². The molecule has 1 unspecified atom stereocenters. The molecule has 1 fully saturated rings. The van der Waals surface area contributed by atoms with Gasteiger partial charge in [-0.1, -0.05) is 6.08 Å². The van der Waals surface area contributed by atoms with Crippen LogP contribution in [0.1, 0.15) is 32.6 Å². The molecule has 0 N–H and O–H groups in total. The van der Waals surface area contributed by atoms with Crippen LogP contribution in [0.15, 0.2) is 12.7 Å². The molecule has 1 saturated carbocycles. The number of ether oxygens (including phenoxy) is 1. The Morgan fingerprint density at radius 2 is 2.17 bits per heavy atom. The van der Waals surface area contributed by atoms with E-state index in [-0.39, 0.29) is 12.2 Å². The SMILES string of the molecule is C=CC(C)OC1CCC(=O)CC1. The van der Waals surface area contributed by atoms with E-state index in [1.54, 1.807) is 6.08 Å². The van der Waals surface area contributed by atoms with Crippen molar-refractivity contribution in [3.63, 3.8) is 0 Å². The zero-order chi connectivity index (χ0) is 8.97. The van der Waals surface area contributed by atoms with Crippen molar-refractivity contribution in [2.24, 2.45) is 0 Å². The summed E-state index contributed by atoms with van der Waals surface area (Å²) in [5.41, 5.74) is 0. The molecule has 0 bridgehead atoms. The Kier molecular flexibility index (Phi) is 3.48. The Labute approximate surface area is 73.6 Å². The molecule has 0 aromatic heterocycles. The summed E-state index contributed by atoms with van der Waals surface area (Å²) in [5, 5.41) is 0. The molecule has 0 aromatic carbocycles. The Morgan fingerprint density at radius 1 is 1.58 bits per heavy atom. The Balaban J connectivity index is 2.25. The van der Waals surface area contributed by atoms with Crippen LogP contribution < -0.4 is 0 Å². The fourth-order valence-corrected chi connectivity index (χ4v) is 1.41. The van der Waals surface area contributed by atoms with Crippen LogP contribution in [0.3, 0.4) is 0 Å². The van der Waals surface area contributed by atoms with Gasteiger partial charge in [-0.2, -0.15) is 0 Å². The summed E-state index contributed by atoms with van der Waals surface area (Å²) < 4.78 is 5.62. The van der Waals surface area contributed by atoms with E-state index in [1.165, 1.54) is 0 Å². The highest BCUT2D eigenvalue weighted by Crippen LogP contribution is 2.19. The highest BCUT2D eigenvalue weighted by molar-refractivity contribution is 5.79. The van der Waals surface area contributed by atoms with E-state index in [0.29, 0.717) is 18.6 Å². The van der Waals surface area contributed by atoms with Gasteiger partial charge in [0.25, 0.3) is 0 Å². The number of ketones is 1. The molecule has 0 aromatic rings. The third kappa shape index (κ3) is 2.78. The maximum atomic E-state index is 10.9. The summed E-state index contributed by atoms with van der Waals surface area (Å²) in [6.07, 6.45) is 5.33. The second kappa shape index (κ2) is 4.41. The van der Waals surface area contributed by atoms with E-state index in [2.05, 4.69) is 6.58 Å². The minimum atomic E-state index is 0.114. The van der Waals surface area contributed by atoms with E-state index < -0.39 is 0 Å². The van der Waals surface area contributed by atoms with Crippen molar-refractivity contribution in [2.75, 3.05) is 0 Å². The normalized spacial score (nSPS) is 22.2. The lowest BCUT2D eigenvalue weighted by Gasteiger charge is -2.23. The van der Waals surface area contributed by atoms with Crippen molar-refractivity contribution in [3.05, 3.63) is 12.7 Å². The number of rotatable bonds is 3. The first kappa shape index (κ1) is 9.46. The molecule has 1 aliphatic rings. The molecule has 12 heavy (non-hydrogen) atoms. The second-order valence-corrected chi connectivity index (χ2v) is 3.31. The van der Waals surface area contributed by atoms with Crippen LogP contribution >= 0.6 is 0 Å². The third-order valence-corrected chi connectivity index (χ3v) is 2.23. The second-order valence-electron chi connectivity index (χ2n) is 3.31. The van der Waals surface area contributed by atoms with E-state index in [9.17, 15) is 4.79 Å². The van der Waals surface area contributed by atoms with Crippen molar-refractivity contribution in [2.45, 2.75) is 44.8 Å². The van der Waals surface area contributed by atoms with Crippen molar-refractivity contribution in [1.29, 1.82) is 0 Å². The number of Topliss-reactive ketones (excluding diaryl/α,β-unsaturated/α-hetero) is 1. The molecule has 0 aliphatic heterocycles. The van der Waals surface area contributed by atoms with E-state index in [1.807, 2.05) is 6.92 Å². The first-order valence-electron chi connectivity index (χ1n) is 4.52. The molecule has 68 valence electrons. The first-order chi connectivity index (χ1) is 5.72. The average Bonchev–Trinajstić information content (AvgIpc) is 2.09. The fraction of sp³-hybridized carbons (Fsp3) is 0.700. The highest BCUT2D eigenvalue weighted by atomic mass is 16.5. The molecule has 0 heterocycles. The fourth-order valence-electron chi connectivity index (χ4n) is 1.41. The minimum absolute atomic E-state index is 0.114. The van der Waals surface area contributed by atoms with E-state index >= 15 is 0 Å². The van der Waals surface area contributed by atoms with Gasteiger partial charge < -0.3 is 4.74 Å². The lowest BCUT2D eigenvalue weighted by molar-refractivity contribution is -0.123. The molecule has 2 heteroatoms. The molecule has 1 rings (SSSR count). The predicted octanol–water partition coefficient (Wildman–Crippen LogP) is 2.09. The Morgan fingerprint density at radius 3 is 2.67 bits per heavy atom. The van der Waals surface area contributed by atoms with Crippen molar-refractivity contribution in [3.8, 4) is 0 Å². The molecule has 1 atom stereocenters. The lowest BCUT2D eigenvalue weighted by atomic mass is 9.96. The Bertz CT molecular complexity index is 165. The van der Waals surface area contributed by atoms with Crippen LogP contribution in [0.2, 0.25) is 0 Å². The van der Waals surface area contributed by atoms with Gasteiger partial charge in [0.05, 0.1) is 12.2 Å². The Hall–Kier alpha value is -0.630. The van der Waals surface area contributed by atoms with Crippen LogP contribution in [0.4, 0.5) is 0 Å². The van der Waals surface area contributed by atoms with Gasteiger partial charge in [0.1, 0.15) is 5.78 Å².